The molecule has 0 spiro atoms. The molecule has 2 N–H and O–H groups in total. The molecule has 4 nitrogen and oxygen atoms in total. The van der Waals surface area contributed by atoms with E-state index < -0.39 is 5.97 Å². The Morgan fingerprint density at radius 1 is 1.06 bits per heavy atom. The van der Waals surface area contributed by atoms with Crippen molar-refractivity contribution in [3.8, 4) is 0 Å². The van der Waals surface area contributed by atoms with Crippen LogP contribution in [0.4, 0.5) is 0 Å². The fourth-order valence-corrected chi connectivity index (χ4v) is 1.19. The molecule has 104 valence electrons. The normalized spacial score (nSPS) is 8.72. The lowest BCUT2D eigenvalue weighted by atomic mass is 10.1. The smallest absolute Gasteiger partial charge is 0.327 e. The Kier molecular flexibility index (Phi) is 16.1. The quantitative estimate of drug-likeness (QED) is 0.492. The van der Waals surface area contributed by atoms with Crippen LogP contribution in [0.15, 0.2) is 25.3 Å². The minimum absolute atomic E-state index is 0.0615. The number of nitrogens with one attached hydrogen (secondary N) is 1. The minimum Gasteiger partial charge on any atom is -0.478 e. The van der Waals surface area contributed by atoms with Gasteiger partial charge in [-0.1, -0.05) is 52.2 Å². The highest BCUT2D eigenvalue weighted by atomic mass is 16.4. The molecule has 0 bridgehead atoms. The first-order valence-electron chi connectivity index (χ1n) is 6.34. The summed E-state index contributed by atoms with van der Waals surface area (Å²) in [7, 11) is 0. The Labute approximate surface area is 110 Å². The van der Waals surface area contributed by atoms with Gasteiger partial charge in [0, 0.05) is 12.6 Å². The van der Waals surface area contributed by atoms with Gasteiger partial charge in [-0.15, -0.1) is 0 Å². The number of hydrogen-bond donors (Lipinski definition) is 2. The van der Waals surface area contributed by atoms with Gasteiger partial charge in [-0.05, 0) is 12.5 Å². The molecule has 0 atom stereocenters. The third-order valence-corrected chi connectivity index (χ3v) is 2.19. The van der Waals surface area contributed by atoms with Crippen LogP contribution in [-0.4, -0.2) is 23.5 Å². The van der Waals surface area contributed by atoms with Crippen LogP contribution in [0.1, 0.15) is 45.4 Å². The molecule has 0 aromatic rings. The zero-order valence-electron chi connectivity index (χ0n) is 11.3. The van der Waals surface area contributed by atoms with Crippen molar-refractivity contribution < 1.29 is 14.7 Å². The number of aliphatic carboxylic acids is 1. The van der Waals surface area contributed by atoms with Crippen LogP contribution in [0.2, 0.25) is 0 Å². The average molecular weight is 255 g/mol. The van der Waals surface area contributed by atoms with E-state index in [9.17, 15) is 9.59 Å². The van der Waals surface area contributed by atoms with E-state index in [1.54, 1.807) is 0 Å². The van der Waals surface area contributed by atoms with Gasteiger partial charge in [0.2, 0.25) is 5.91 Å². The van der Waals surface area contributed by atoms with E-state index in [4.69, 9.17) is 5.11 Å². The number of carboxylic acid groups (broad SMARTS) is 1. The van der Waals surface area contributed by atoms with E-state index in [0.717, 1.165) is 19.0 Å². The lowest BCUT2D eigenvalue weighted by Gasteiger charge is -2.01. The Bertz CT molecular complexity index is 249. The average Bonchev–Trinajstić information content (AvgIpc) is 2.38. The Hall–Kier alpha value is -1.58. The zero-order valence-corrected chi connectivity index (χ0v) is 11.3. The second-order valence-electron chi connectivity index (χ2n) is 3.81. The molecule has 0 aromatic heterocycles. The topological polar surface area (TPSA) is 66.4 Å². The van der Waals surface area contributed by atoms with Gasteiger partial charge < -0.3 is 10.4 Å². The molecule has 0 saturated heterocycles. The number of unbranched alkanes of at least 4 members (excludes halogenated alkanes) is 5. The van der Waals surface area contributed by atoms with Gasteiger partial charge in [-0.2, -0.15) is 0 Å². The van der Waals surface area contributed by atoms with Gasteiger partial charge in [0.15, 0.2) is 0 Å². The van der Waals surface area contributed by atoms with Gasteiger partial charge in [0.25, 0.3) is 0 Å². The van der Waals surface area contributed by atoms with Gasteiger partial charge in [0.1, 0.15) is 0 Å². The maximum absolute atomic E-state index is 10.7. The molecule has 0 heterocycles. The summed E-state index contributed by atoms with van der Waals surface area (Å²) in [6, 6.07) is 0. The van der Waals surface area contributed by atoms with Crippen molar-refractivity contribution in [2.24, 2.45) is 0 Å². The molecule has 18 heavy (non-hydrogen) atoms. The highest BCUT2D eigenvalue weighted by molar-refractivity contribution is 5.86. The molecular weight excluding hydrogens is 230 g/mol. The van der Waals surface area contributed by atoms with Crippen LogP contribution in [0.3, 0.4) is 0 Å². The number of carbonyl (C=O) groups excluding carboxylic acids is 1. The first kappa shape index (κ1) is 18.8. The van der Waals surface area contributed by atoms with Crippen molar-refractivity contribution in [3.63, 3.8) is 0 Å². The van der Waals surface area contributed by atoms with Gasteiger partial charge >= 0.3 is 5.97 Å². The van der Waals surface area contributed by atoms with Crippen molar-refractivity contribution in [1.82, 2.24) is 5.32 Å². The van der Waals surface area contributed by atoms with E-state index in [-0.39, 0.29) is 5.91 Å². The van der Waals surface area contributed by atoms with Crippen LogP contribution in [-0.2, 0) is 9.59 Å². The van der Waals surface area contributed by atoms with Crippen molar-refractivity contribution in [2.45, 2.75) is 45.4 Å². The van der Waals surface area contributed by atoms with Crippen molar-refractivity contribution >= 4 is 11.9 Å². The Balaban J connectivity index is 0. The third-order valence-electron chi connectivity index (χ3n) is 2.19. The maximum atomic E-state index is 10.7. The van der Waals surface area contributed by atoms with Gasteiger partial charge in [-0.25, -0.2) is 4.79 Å². The molecule has 0 aliphatic heterocycles. The highest BCUT2D eigenvalue weighted by Crippen LogP contribution is 2.03. The van der Waals surface area contributed by atoms with E-state index in [1.807, 2.05) is 0 Å². The van der Waals surface area contributed by atoms with E-state index >= 15 is 0 Å². The first-order valence-corrected chi connectivity index (χ1v) is 6.34. The molecule has 4 heteroatoms. The first-order chi connectivity index (χ1) is 8.58. The van der Waals surface area contributed by atoms with E-state index in [1.165, 1.54) is 38.2 Å². The number of carbonyl (C=O) groups is 2. The van der Waals surface area contributed by atoms with Crippen LogP contribution in [0.25, 0.3) is 0 Å². The third kappa shape index (κ3) is 19.9. The van der Waals surface area contributed by atoms with Crippen LogP contribution in [0, 0.1) is 0 Å². The second kappa shape index (κ2) is 15.4. The predicted octanol–water partition coefficient (Wildman–Crippen LogP) is 2.91. The predicted molar refractivity (Wildman–Crippen MR) is 74.4 cm³/mol. The van der Waals surface area contributed by atoms with Gasteiger partial charge in [0.05, 0.1) is 0 Å². The summed E-state index contributed by atoms with van der Waals surface area (Å²) in [6.07, 6.45) is 9.69. The lowest BCUT2D eigenvalue weighted by molar-refractivity contribution is -0.131. The van der Waals surface area contributed by atoms with E-state index in [2.05, 4.69) is 25.4 Å². The van der Waals surface area contributed by atoms with Crippen molar-refractivity contribution in [3.05, 3.63) is 25.3 Å². The van der Waals surface area contributed by atoms with Crippen molar-refractivity contribution in [1.29, 1.82) is 0 Å². The molecule has 0 aliphatic rings. The lowest BCUT2D eigenvalue weighted by Crippen LogP contribution is -2.21. The molecule has 0 aromatic carbocycles. The second-order valence-corrected chi connectivity index (χ2v) is 3.81. The number of amides is 1. The molecule has 0 aliphatic carbocycles. The Morgan fingerprint density at radius 2 is 1.56 bits per heavy atom. The molecular formula is C14H25NO3. The summed E-state index contributed by atoms with van der Waals surface area (Å²) in [5, 5.41) is 10.4. The molecule has 0 unspecified atom stereocenters. The highest BCUT2D eigenvalue weighted by Gasteiger charge is 1.92. The fraction of sp³-hybridized carbons (Fsp3) is 0.571. The molecule has 1 amide bonds. The number of carboxylic acids is 1. The minimum atomic E-state index is -0.981. The van der Waals surface area contributed by atoms with Crippen molar-refractivity contribution in [2.75, 3.05) is 6.54 Å². The largest absolute Gasteiger partial charge is 0.478 e. The molecule has 0 rings (SSSR count). The Morgan fingerprint density at radius 3 is 2.00 bits per heavy atom. The summed E-state index contributed by atoms with van der Waals surface area (Å²) in [6.45, 7) is 9.35. The summed E-state index contributed by atoms with van der Waals surface area (Å²) in [5.41, 5.74) is 0. The summed E-state index contributed by atoms with van der Waals surface area (Å²) in [5.74, 6) is -1.04. The standard InChI is InChI=1S/C11H21NO.C3H4O2/c1-3-5-6-7-8-9-10-12-11(13)4-2;1-2-3(4)5/h4H,2-3,5-10H2,1H3,(H,12,13);2H,1H2,(H,4,5). The fourth-order valence-electron chi connectivity index (χ4n) is 1.19. The monoisotopic (exact) mass is 255 g/mol. The number of rotatable bonds is 9. The van der Waals surface area contributed by atoms with Crippen LogP contribution < -0.4 is 5.32 Å². The zero-order chi connectivity index (χ0) is 14.2. The summed E-state index contributed by atoms with van der Waals surface area (Å²) >= 11 is 0. The molecule has 0 radical (unpaired) electrons. The summed E-state index contributed by atoms with van der Waals surface area (Å²) in [4.78, 5) is 20.0. The number of hydrogen-bond acceptors (Lipinski definition) is 2. The molecule has 0 saturated carbocycles. The summed E-state index contributed by atoms with van der Waals surface area (Å²) < 4.78 is 0. The SMILES string of the molecule is C=CC(=O)NCCCCCCCC.C=CC(=O)O. The van der Waals surface area contributed by atoms with E-state index in [0.29, 0.717) is 0 Å². The molecule has 0 fully saturated rings. The maximum Gasteiger partial charge on any atom is 0.327 e. The van der Waals surface area contributed by atoms with Gasteiger partial charge in [-0.3, -0.25) is 4.79 Å². The van der Waals surface area contributed by atoms with Crippen LogP contribution in [0.5, 0.6) is 0 Å². The van der Waals surface area contributed by atoms with Crippen LogP contribution >= 0.6 is 0 Å².